The molecule has 2 N–H and O–H groups in total. The maximum atomic E-state index is 12.6. The third-order valence-corrected chi connectivity index (χ3v) is 4.61. The lowest BCUT2D eigenvalue weighted by Crippen LogP contribution is -2.28. The summed E-state index contributed by atoms with van der Waals surface area (Å²) in [6.07, 6.45) is 1.67. The average Bonchev–Trinajstić information content (AvgIpc) is 2.67. The Morgan fingerprint density at radius 1 is 1.04 bits per heavy atom. The summed E-state index contributed by atoms with van der Waals surface area (Å²) in [5.74, 6) is 0. The van der Waals surface area contributed by atoms with E-state index >= 15 is 0 Å². The van der Waals surface area contributed by atoms with Gasteiger partial charge in [-0.3, -0.25) is 4.79 Å². The number of nitriles is 1. The molecule has 2 aromatic carbocycles. The highest BCUT2D eigenvalue weighted by Gasteiger charge is 2.09. The van der Waals surface area contributed by atoms with Gasteiger partial charge in [0.05, 0.1) is 18.2 Å². The number of hydrogen-bond donors (Lipinski definition) is 2. The standard InChI is InChI=1S/C20H15BrN4O2/c21-17-5-2-1-4-15(17)13-25-11-3-6-18(19(25)26)24-20(27)23-16-9-7-14(12-22)8-10-16/h1-11H,13H2,(H2,23,24,27). The van der Waals surface area contributed by atoms with Gasteiger partial charge in [-0.25, -0.2) is 4.79 Å². The number of carbonyl (C=O) groups excluding carboxylic acids is 1. The molecule has 7 heteroatoms. The van der Waals surface area contributed by atoms with Crippen molar-refractivity contribution in [2.24, 2.45) is 0 Å². The third-order valence-electron chi connectivity index (χ3n) is 3.84. The number of pyridine rings is 1. The monoisotopic (exact) mass is 422 g/mol. The maximum Gasteiger partial charge on any atom is 0.323 e. The first-order chi connectivity index (χ1) is 13.1. The first-order valence-electron chi connectivity index (χ1n) is 8.08. The van der Waals surface area contributed by atoms with Crippen molar-refractivity contribution in [2.75, 3.05) is 10.6 Å². The SMILES string of the molecule is N#Cc1ccc(NC(=O)Nc2cccn(Cc3ccccc3Br)c2=O)cc1. The van der Waals surface area contributed by atoms with Crippen molar-refractivity contribution in [1.82, 2.24) is 4.57 Å². The molecular weight excluding hydrogens is 408 g/mol. The molecule has 0 saturated heterocycles. The van der Waals surface area contributed by atoms with Gasteiger partial charge in [-0.05, 0) is 48.0 Å². The Bertz CT molecular complexity index is 1070. The molecule has 0 radical (unpaired) electrons. The molecule has 0 unspecified atom stereocenters. The van der Waals surface area contributed by atoms with E-state index in [1.807, 2.05) is 30.3 Å². The summed E-state index contributed by atoms with van der Waals surface area (Å²) in [5.41, 5.74) is 1.85. The topological polar surface area (TPSA) is 86.9 Å². The molecule has 0 spiro atoms. The molecule has 134 valence electrons. The molecule has 3 aromatic rings. The largest absolute Gasteiger partial charge is 0.323 e. The van der Waals surface area contributed by atoms with Crippen LogP contribution in [0.4, 0.5) is 16.2 Å². The second kappa shape index (κ2) is 8.34. The van der Waals surface area contributed by atoms with E-state index in [9.17, 15) is 9.59 Å². The van der Waals surface area contributed by atoms with Crippen molar-refractivity contribution < 1.29 is 4.79 Å². The van der Waals surface area contributed by atoms with E-state index in [2.05, 4.69) is 26.6 Å². The van der Waals surface area contributed by atoms with E-state index < -0.39 is 6.03 Å². The minimum atomic E-state index is -0.532. The lowest BCUT2D eigenvalue weighted by Gasteiger charge is -2.11. The molecule has 0 fully saturated rings. The molecular formula is C20H15BrN4O2. The van der Waals surface area contributed by atoms with Crippen molar-refractivity contribution in [2.45, 2.75) is 6.54 Å². The molecule has 27 heavy (non-hydrogen) atoms. The summed E-state index contributed by atoms with van der Waals surface area (Å²) < 4.78 is 2.44. The van der Waals surface area contributed by atoms with Crippen LogP contribution >= 0.6 is 15.9 Å². The Morgan fingerprint density at radius 3 is 2.48 bits per heavy atom. The van der Waals surface area contributed by atoms with Gasteiger partial charge in [0, 0.05) is 16.4 Å². The van der Waals surface area contributed by atoms with Crippen molar-refractivity contribution in [3.05, 3.63) is 92.8 Å². The number of aromatic nitrogens is 1. The smallest absolute Gasteiger partial charge is 0.309 e. The Kier molecular flexibility index (Phi) is 5.69. The maximum absolute atomic E-state index is 12.6. The van der Waals surface area contributed by atoms with Gasteiger partial charge in [0.2, 0.25) is 0 Å². The first-order valence-corrected chi connectivity index (χ1v) is 8.87. The molecule has 2 amide bonds. The number of benzene rings is 2. The fraction of sp³-hybridized carbons (Fsp3) is 0.0500. The number of anilines is 2. The predicted molar refractivity (Wildman–Crippen MR) is 108 cm³/mol. The lowest BCUT2D eigenvalue weighted by molar-refractivity contribution is 0.262. The number of nitrogens with zero attached hydrogens (tertiary/aromatic N) is 2. The fourth-order valence-electron chi connectivity index (χ4n) is 2.48. The Hall–Kier alpha value is -3.37. The lowest BCUT2D eigenvalue weighted by atomic mass is 10.2. The molecule has 0 bridgehead atoms. The summed E-state index contributed by atoms with van der Waals surface area (Å²) >= 11 is 3.47. The predicted octanol–water partition coefficient (Wildman–Crippen LogP) is 4.17. The van der Waals surface area contributed by atoms with E-state index in [0.29, 0.717) is 17.8 Å². The molecule has 3 rings (SSSR count). The molecule has 1 aromatic heterocycles. The van der Waals surface area contributed by atoms with Gasteiger partial charge in [0.25, 0.3) is 5.56 Å². The van der Waals surface area contributed by atoms with Gasteiger partial charge in [-0.1, -0.05) is 34.1 Å². The van der Waals surface area contributed by atoms with Crippen LogP contribution in [-0.2, 0) is 6.54 Å². The first kappa shape index (κ1) is 18.4. The van der Waals surface area contributed by atoms with E-state index in [-0.39, 0.29) is 11.2 Å². The molecule has 1 heterocycles. The van der Waals surface area contributed by atoms with Crippen LogP contribution in [0, 0.1) is 11.3 Å². The third kappa shape index (κ3) is 4.63. The van der Waals surface area contributed by atoms with Gasteiger partial charge in [-0.15, -0.1) is 0 Å². The van der Waals surface area contributed by atoms with E-state index in [1.165, 1.54) is 4.57 Å². The highest BCUT2D eigenvalue weighted by atomic mass is 79.9. The van der Waals surface area contributed by atoms with Crippen LogP contribution in [0.25, 0.3) is 0 Å². The highest BCUT2D eigenvalue weighted by molar-refractivity contribution is 9.10. The Morgan fingerprint density at radius 2 is 1.78 bits per heavy atom. The van der Waals surface area contributed by atoms with Crippen molar-refractivity contribution in [3.8, 4) is 6.07 Å². The molecule has 0 atom stereocenters. The van der Waals surface area contributed by atoms with Crippen molar-refractivity contribution in [1.29, 1.82) is 5.26 Å². The van der Waals surface area contributed by atoms with Gasteiger partial charge < -0.3 is 15.2 Å². The van der Waals surface area contributed by atoms with Gasteiger partial charge >= 0.3 is 6.03 Å². The minimum absolute atomic E-state index is 0.177. The number of rotatable bonds is 4. The minimum Gasteiger partial charge on any atom is -0.309 e. The zero-order valence-electron chi connectivity index (χ0n) is 14.1. The Labute approximate surface area is 164 Å². The number of carbonyl (C=O) groups is 1. The van der Waals surface area contributed by atoms with Gasteiger partial charge in [0.1, 0.15) is 5.69 Å². The van der Waals surface area contributed by atoms with E-state index in [4.69, 9.17) is 5.26 Å². The van der Waals surface area contributed by atoms with Gasteiger partial charge in [-0.2, -0.15) is 5.26 Å². The second-order valence-corrected chi connectivity index (χ2v) is 6.57. The average molecular weight is 423 g/mol. The second-order valence-electron chi connectivity index (χ2n) is 5.71. The Balaban J connectivity index is 1.73. The summed E-state index contributed by atoms with van der Waals surface area (Å²) in [6.45, 7) is 0.382. The van der Waals surface area contributed by atoms with Gasteiger partial charge in [0.15, 0.2) is 0 Å². The number of halogens is 1. The molecule has 0 saturated carbocycles. The van der Waals surface area contributed by atoms with Crippen LogP contribution in [0.5, 0.6) is 0 Å². The number of urea groups is 1. The fourth-order valence-corrected chi connectivity index (χ4v) is 2.89. The summed E-state index contributed by atoms with van der Waals surface area (Å²) in [5, 5.41) is 14.0. The van der Waals surface area contributed by atoms with Crippen LogP contribution in [0.2, 0.25) is 0 Å². The molecule has 0 aliphatic heterocycles. The van der Waals surface area contributed by atoms with E-state index in [0.717, 1.165) is 10.0 Å². The highest BCUT2D eigenvalue weighted by Crippen LogP contribution is 2.16. The number of nitrogens with one attached hydrogen (secondary N) is 2. The zero-order chi connectivity index (χ0) is 19.2. The number of hydrogen-bond acceptors (Lipinski definition) is 3. The van der Waals surface area contributed by atoms with Crippen molar-refractivity contribution in [3.63, 3.8) is 0 Å². The normalized spacial score (nSPS) is 10.1. The van der Waals surface area contributed by atoms with Crippen LogP contribution in [0.3, 0.4) is 0 Å². The zero-order valence-corrected chi connectivity index (χ0v) is 15.7. The van der Waals surface area contributed by atoms with Crippen LogP contribution in [0.15, 0.2) is 76.1 Å². The quantitative estimate of drug-likeness (QED) is 0.660. The summed E-state index contributed by atoms with van der Waals surface area (Å²) in [7, 11) is 0. The number of amides is 2. The summed E-state index contributed by atoms with van der Waals surface area (Å²) in [4.78, 5) is 24.8. The summed E-state index contributed by atoms with van der Waals surface area (Å²) in [6, 6.07) is 18.8. The molecule has 6 nitrogen and oxygen atoms in total. The van der Waals surface area contributed by atoms with E-state index in [1.54, 1.807) is 42.6 Å². The molecule has 0 aliphatic carbocycles. The van der Waals surface area contributed by atoms with Crippen molar-refractivity contribution >= 4 is 33.3 Å². The molecule has 0 aliphatic rings. The van der Waals surface area contributed by atoms with Crippen LogP contribution in [-0.4, -0.2) is 10.6 Å². The van der Waals surface area contributed by atoms with Crippen LogP contribution in [0.1, 0.15) is 11.1 Å². The van der Waals surface area contributed by atoms with Crippen LogP contribution < -0.4 is 16.2 Å².